The van der Waals surface area contributed by atoms with E-state index in [1.165, 1.54) is 32.1 Å². The number of fused-ring (bicyclic) bond motifs is 3. The number of rotatable bonds is 7. The van der Waals surface area contributed by atoms with Crippen LogP contribution in [0, 0.1) is 11.8 Å². The molecule has 5 saturated carbocycles. The summed E-state index contributed by atoms with van der Waals surface area (Å²) in [5.41, 5.74) is -1.13. The first-order valence-corrected chi connectivity index (χ1v) is 15.0. The van der Waals surface area contributed by atoms with E-state index in [1.807, 2.05) is 6.92 Å². The molecule has 7 nitrogen and oxygen atoms in total. The van der Waals surface area contributed by atoms with E-state index in [1.54, 1.807) is 0 Å². The van der Waals surface area contributed by atoms with Gasteiger partial charge in [0.2, 0.25) is 11.8 Å². The molecule has 0 aromatic heterocycles. The Balaban J connectivity index is 1.10. The first-order chi connectivity index (χ1) is 17.7. The van der Waals surface area contributed by atoms with Crippen LogP contribution in [0.4, 0.5) is 4.39 Å². The van der Waals surface area contributed by atoms with Crippen LogP contribution in [0.1, 0.15) is 96.8 Å². The SMILES string of the molecule is CC1OC(C2CCCCC2)CC1C(=O)NC12CCC(NC(=O)COC3CCC(Cl)C(F)C3)(CC1)[C@@H](O)C2. The van der Waals surface area contributed by atoms with Gasteiger partial charge in [0.25, 0.3) is 0 Å². The smallest absolute Gasteiger partial charge is 0.246 e. The number of alkyl halides is 2. The molecule has 2 amide bonds. The lowest BCUT2D eigenvalue weighted by atomic mass is 9.59. The van der Waals surface area contributed by atoms with Gasteiger partial charge < -0.3 is 25.2 Å². The Morgan fingerprint density at radius 1 is 1.05 bits per heavy atom. The highest BCUT2D eigenvalue weighted by atomic mass is 35.5. The minimum absolute atomic E-state index is 0.0441. The maximum absolute atomic E-state index is 13.9. The predicted octanol–water partition coefficient (Wildman–Crippen LogP) is 3.92. The highest BCUT2D eigenvalue weighted by Crippen LogP contribution is 2.47. The van der Waals surface area contributed by atoms with Crippen LogP contribution in [-0.2, 0) is 19.1 Å². The first-order valence-electron chi connectivity index (χ1n) is 14.5. The molecule has 5 aliphatic carbocycles. The summed E-state index contributed by atoms with van der Waals surface area (Å²) in [6, 6.07) is 0. The molecule has 1 aliphatic heterocycles. The second-order valence-electron chi connectivity index (χ2n) is 12.6. The topological polar surface area (TPSA) is 96.9 Å². The Bertz CT molecular complexity index is 831. The lowest BCUT2D eigenvalue weighted by molar-refractivity contribution is -0.141. The quantitative estimate of drug-likeness (QED) is 0.424. The summed E-state index contributed by atoms with van der Waals surface area (Å²) < 4.78 is 25.8. The van der Waals surface area contributed by atoms with E-state index in [-0.39, 0.29) is 49.1 Å². The number of carbonyl (C=O) groups is 2. The average molecular weight is 543 g/mol. The lowest BCUT2D eigenvalue weighted by Crippen LogP contribution is -2.70. The highest BCUT2D eigenvalue weighted by Gasteiger charge is 2.56. The Morgan fingerprint density at radius 3 is 2.46 bits per heavy atom. The summed E-state index contributed by atoms with van der Waals surface area (Å²) in [7, 11) is 0. The van der Waals surface area contributed by atoms with Crippen molar-refractivity contribution in [3.05, 3.63) is 0 Å². The molecule has 0 aromatic carbocycles. The van der Waals surface area contributed by atoms with Crippen LogP contribution in [0.25, 0.3) is 0 Å². The third-order valence-electron chi connectivity index (χ3n) is 10.1. The van der Waals surface area contributed by atoms with Crippen molar-refractivity contribution < 1.29 is 28.6 Å². The summed E-state index contributed by atoms with van der Waals surface area (Å²) in [4.78, 5) is 26.1. The Kier molecular flexibility index (Phi) is 8.40. The second-order valence-corrected chi connectivity index (χ2v) is 13.2. The molecule has 0 radical (unpaired) electrons. The van der Waals surface area contributed by atoms with E-state index in [4.69, 9.17) is 21.1 Å². The number of amides is 2. The van der Waals surface area contributed by atoms with Gasteiger partial charge >= 0.3 is 0 Å². The van der Waals surface area contributed by atoms with Crippen LogP contribution in [-0.4, -0.2) is 70.6 Å². The van der Waals surface area contributed by atoms with Crippen molar-refractivity contribution in [2.45, 2.75) is 144 Å². The molecule has 0 spiro atoms. The fourth-order valence-electron chi connectivity index (χ4n) is 7.71. The summed E-state index contributed by atoms with van der Waals surface area (Å²) in [5, 5.41) is 17.0. The van der Waals surface area contributed by atoms with Crippen molar-refractivity contribution in [3.8, 4) is 0 Å². The van der Waals surface area contributed by atoms with Crippen LogP contribution in [0.5, 0.6) is 0 Å². The number of hydrogen-bond donors (Lipinski definition) is 3. The van der Waals surface area contributed by atoms with Gasteiger partial charge in [-0.25, -0.2) is 4.39 Å². The number of aliphatic hydroxyl groups is 1. The maximum Gasteiger partial charge on any atom is 0.246 e. The van der Waals surface area contributed by atoms with Gasteiger partial charge in [0.05, 0.1) is 41.2 Å². The standard InChI is InChI=1S/C28H44ClFN2O5/c1-17-20(14-23(37-17)18-5-3-2-4-6-18)26(35)32-27-9-11-28(12-10-27,24(33)15-27)31-25(34)16-36-19-7-8-21(29)22(30)13-19/h17-24,33H,2-16H2,1H3,(H,31,34)(H,32,35)/t17?,19?,20?,21?,22?,23?,24-,27?,28?/m0/s1. The zero-order valence-corrected chi connectivity index (χ0v) is 22.8. The van der Waals surface area contributed by atoms with Gasteiger partial charge in [0, 0.05) is 12.0 Å². The highest BCUT2D eigenvalue weighted by molar-refractivity contribution is 6.21. The summed E-state index contributed by atoms with van der Waals surface area (Å²) in [6.45, 7) is 1.86. The summed E-state index contributed by atoms with van der Waals surface area (Å²) in [6.07, 6.45) is 9.39. The van der Waals surface area contributed by atoms with Gasteiger partial charge in [-0.15, -0.1) is 11.6 Å². The van der Waals surface area contributed by atoms with Gasteiger partial charge in [0.1, 0.15) is 12.8 Å². The lowest BCUT2D eigenvalue weighted by Gasteiger charge is -2.56. The Labute approximate surface area is 224 Å². The number of aliphatic hydroxyl groups excluding tert-OH is 1. The molecular formula is C28H44ClFN2O5. The van der Waals surface area contributed by atoms with Crippen molar-refractivity contribution in [1.82, 2.24) is 10.6 Å². The van der Waals surface area contributed by atoms with Gasteiger partial charge in [-0.2, -0.15) is 0 Å². The minimum Gasteiger partial charge on any atom is -0.391 e. The fourth-order valence-corrected chi connectivity index (χ4v) is 7.94. The number of ether oxygens (including phenoxy) is 2. The second kappa shape index (κ2) is 11.3. The minimum atomic E-state index is -1.11. The van der Waals surface area contributed by atoms with E-state index in [0.717, 1.165) is 6.42 Å². The van der Waals surface area contributed by atoms with Crippen molar-refractivity contribution >= 4 is 23.4 Å². The molecule has 3 N–H and O–H groups in total. The number of carbonyl (C=O) groups excluding carboxylic acids is 2. The predicted molar refractivity (Wildman–Crippen MR) is 138 cm³/mol. The largest absolute Gasteiger partial charge is 0.391 e. The van der Waals surface area contributed by atoms with Crippen molar-refractivity contribution in [3.63, 3.8) is 0 Å². The maximum atomic E-state index is 13.9. The number of nitrogens with one attached hydrogen (secondary N) is 2. The molecule has 37 heavy (non-hydrogen) atoms. The third kappa shape index (κ3) is 5.97. The van der Waals surface area contributed by atoms with E-state index < -0.39 is 28.7 Å². The summed E-state index contributed by atoms with van der Waals surface area (Å²) in [5.74, 6) is 0.177. The molecule has 6 unspecified atom stereocenters. The molecule has 210 valence electrons. The zero-order chi connectivity index (χ0) is 26.2. The molecule has 2 bridgehead atoms. The zero-order valence-electron chi connectivity index (χ0n) is 22.1. The molecule has 6 fully saturated rings. The van der Waals surface area contributed by atoms with E-state index in [2.05, 4.69) is 10.6 Å². The van der Waals surface area contributed by atoms with E-state index >= 15 is 0 Å². The van der Waals surface area contributed by atoms with Crippen molar-refractivity contribution in [1.29, 1.82) is 0 Å². The number of hydrogen-bond acceptors (Lipinski definition) is 5. The van der Waals surface area contributed by atoms with Crippen LogP contribution in [0.15, 0.2) is 0 Å². The van der Waals surface area contributed by atoms with Crippen molar-refractivity contribution in [2.75, 3.05) is 6.61 Å². The molecule has 6 aliphatic rings. The Hall–Kier alpha value is -0.960. The normalized spacial score (nSPS) is 44.5. The first kappa shape index (κ1) is 27.6. The monoisotopic (exact) mass is 542 g/mol. The average Bonchev–Trinajstić information content (AvgIpc) is 3.28. The van der Waals surface area contributed by atoms with E-state index in [0.29, 0.717) is 50.9 Å². The fraction of sp³-hybridized carbons (Fsp3) is 0.929. The molecule has 1 saturated heterocycles. The molecule has 0 aromatic rings. The molecule has 9 heteroatoms. The van der Waals surface area contributed by atoms with Gasteiger partial charge in [0.15, 0.2) is 0 Å². The van der Waals surface area contributed by atoms with Gasteiger partial charge in [-0.1, -0.05) is 19.3 Å². The van der Waals surface area contributed by atoms with Crippen LogP contribution in [0.3, 0.4) is 0 Å². The number of halogens is 2. The third-order valence-corrected chi connectivity index (χ3v) is 10.6. The molecule has 6 rings (SSSR count). The van der Waals surface area contributed by atoms with Gasteiger partial charge in [-0.3, -0.25) is 9.59 Å². The van der Waals surface area contributed by atoms with E-state index in [9.17, 15) is 19.1 Å². The van der Waals surface area contributed by atoms with Crippen LogP contribution >= 0.6 is 11.6 Å². The molecule has 1 heterocycles. The molecule has 7 atom stereocenters. The van der Waals surface area contributed by atoms with Crippen molar-refractivity contribution in [2.24, 2.45) is 11.8 Å². The summed E-state index contributed by atoms with van der Waals surface area (Å²) >= 11 is 5.94. The Morgan fingerprint density at radius 2 is 1.78 bits per heavy atom. The molecular weight excluding hydrogens is 499 g/mol. The van der Waals surface area contributed by atoms with Crippen LogP contribution < -0.4 is 10.6 Å². The van der Waals surface area contributed by atoms with Crippen LogP contribution in [0.2, 0.25) is 0 Å². The van der Waals surface area contributed by atoms with Gasteiger partial charge in [-0.05, 0) is 77.0 Å².